The molecule has 3 heterocycles. The smallest absolute Gasteiger partial charge is 0.246 e. The molecular formula is C42H63N15O12S2. The van der Waals surface area contributed by atoms with Gasteiger partial charge in [0.05, 0.1) is 19.0 Å². The Labute approximate surface area is 416 Å². The van der Waals surface area contributed by atoms with Crippen molar-refractivity contribution >= 4 is 92.5 Å². The van der Waals surface area contributed by atoms with Crippen LogP contribution in [0.3, 0.4) is 0 Å². The Morgan fingerprint density at radius 3 is 2.08 bits per heavy atom. The predicted octanol–water partition coefficient (Wildman–Crippen LogP) is -6.14. The Bertz CT molecular complexity index is 2180. The average Bonchev–Trinajstić information content (AvgIpc) is 4.02. The number of nitrogens with zero attached hydrogens (tertiary/aromatic N) is 3. The molecule has 3 aliphatic rings. The minimum absolute atomic E-state index is 0.00886. The number of nitrogens with one attached hydrogen (secondary N) is 6. The maximum absolute atomic E-state index is 14.5. The molecule has 19 N–H and O–H groups in total. The molecule has 3 fully saturated rings. The van der Waals surface area contributed by atoms with Crippen LogP contribution in [0.4, 0.5) is 0 Å². The average molecular weight is 1030 g/mol. The van der Waals surface area contributed by atoms with Gasteiger partial charge in [-0.15, -0.1) is 0 Å². The molecule has 0 radical (unpaired) electrons. The van der Waals surface area contributed by atoms with Crippen LogP contribution in [-0.4, -0.2) is 172 Å². The third-order valence-corrected chi connectivity index (χ3v) is 14.0. The van der Waals surface area contributed by atoms with Crippen molar-refractivity contribution < 1.29 is 57.8 Å². The Kier molecular flexibility index (Phi) is 22.0. The van der Waals surface area contributed by atoms with Crippen molar-refractivity contribution in [2.75, 3.05) is 37.7 Å². The van der Waals surface area contributed by atoms with Gasteiger partial charge < -0.3 is 81.2 Å². The fourth-order valence-electron chi connectivity index (χ4n) is 7.96. The van der Waals surface area contributed by atoms with Gasteiger partial charge in [-0.1, -0.05) is 33.7 Å². The zero-order valence-corrected chi connectivity index (χ0v) is 40.4. The number of carbonyl (C=O) groups is 11. The van der Waals surface area contributed by atoms with Crippen LogP contribution >= 0.6 is 21.6 Å². The Morgan fingerprint density at radius 1 is 0.775 bits per heavy atom. The molecule has 1 aromatic rings. The first-order valence-corrected chi connectivity index (χ1v) is 25.2. The van der Waals surface area contributed by atoms with Crippen LogP contribution in [0.1, 0.15) is 63.4 Å². The second kappa shape index (κ2) is 27.5. The van der Waals surface area contributed by atoms with E-state index in [-0.39, 0.29) is 81.4 Å². The molecule has 71 heavy (non-hydrogen) atoms. The summed E-state index contributed by atoms with van der Waals surface area (Å²) in [5, 5.41) is 25.0. The first-order valence-electron chi connectivity index (χ1n) is 22.7. The number of phenols is 1. The number of guanidine groups is 1. The largest absolute Gasteiger partial charge is 0.508 e. The van der Waals surface area contributed by atoms with Crippen LogP contribution < -0.4 is 66.3 Å². The van der Waals surface area contributed by atoms with Crippen molar-refractivity contribution in [3.8, 4) is 5.75 Å². The van der Waals surface area contributed by atoms with Gasteiger partial charge >= 0.3 is 0 Å². The van der Waals surface area contributed by atoms with Crippen molar-refractivity contribution in [2.24, 2.45) is 39.4 Å². The molecule has 3 aliphatic heterocycles. The second-order valence-electron chi connectivity index (χ2n) is 17.0. The highest BCUT2D eigenvalue weighted by Crippen LogP contribution is 2.26. The monoisotopic (exact) mass is 1030 g/mol. The topological polar surface area (TPSA) is 455 Å². The quantitative estimate of drug-likeness (QED) is 0.0299. The van der Waals surface area contributed by atoms with Crippen molar-refractivity contribution in [1.29, 1.82) is 0 Å². The lowest BCUT2D eigenvalue weighted by molar-refractivity contribution is -0.142. The fraction of sp³-hybridized carbons (Fsp3) is 0.571. The molecule has 3 saturated heterocycles. The van der Waals surface area contributed by atoms with Gasteiger partial charge in [-0.25, -0.2) is 0 Å². The van der Waals surface area contributed by atoms with E-state index in [1.165, 1.54) is 21.9 Å². The summed E-state index contributed by atoms with van der Waals surface area (Å²) in [6, 6.07) is -4.97. The lowest BCUT2D eigenvalue weighted by Gasteiger charge is -2.31. The molecule has 0 bridgehead atoms. The molecule has 27 nitrogen and oxygen atoms in total. The molecular weight excluding hydrogens is 971 g/mol. The van der Waals surface area contributed by atoms with Crippen LogP contribution in [0.2, 0.25) is 0 Å². The summed E-state index contributed by atoms with van der Waals surface area (Å²) in [5.74, 6) is -9.94. The van der Waals surface area contributed by atoms with Crippen LogP contribution in [-0.2, 0) is 59.2 Å². The molecule has 390 valence electrons. The number of rotatable bonds is 17. The second-order valence-corrected chi connectivity index (χ2v) is 19.6. The van der Waals surface area contributed by atoms with Gasteiger partial charge in [-0.2, -0.15) is 0 Å². The molecule has 0 aromatic heterocycles. The first kappa shape index (κ1) is 56.7. The van der Waals surface area contributed by atoms with Gasteiger partial charge in [0.2, 0.25) is 65.0 Å². The number of phenolic OH excluding ortho intramolecular Hbond substituents is 1. The van der Waals surface area contributed by atoms with Gasteiger partial charge in [0.1, 0.15) is 48.0 Å². The first-order chi connectivity index (χ1) is 33.6. The van der Waals surface area contributed by atoms with E-state index >= 15 is 0 Å². The molecule has 11 amide bonds. The van der Waals surface area contributed by atoms with Crippen LogP contribution in [0, 0.1) is 0 Å². The number of primary amides is 3. The summed E-state index contributed by atoms with van der Waals surface area (Å²) in [6.07, 6.45) is -0.515. The summed E-state index contributed by atoms with van der Waals surface area (Å²) in [5.41, 5.74) is 33.8. The minimum Gasteiger partial charge on any atom is -0.508 e. The van der Waals surface area contributed by atoms with Crippen LogP contribution in [0.25, 0.3) is 0 Å². The van der Waals surface area contributed by atoms with Crippen molar-refractivity contribution in [3.05, 3.63) is 29.8 Å². The van der Waals surface area contributed by atoms with Crippen LogP contribution in [0.5, 0.6) is 5.75 Å². The van der Waals surface area contributed by atoms with Crippen molar-refractivity contribution in [2.45, 2.75) is 113 Å². The standard InChI is InChI=1S/C42H63N15O12S2/c43-23-19-70-71-20-28(41(69)57-15-3-6-30(57)38(66)51-24(4-1-13-49-42(47)48)35(63)50-18-33(46)61)55-37(65)26(17-32(45)60)53-36(64)25(11-12-31(44)59)52-39(67)29-5-2-14-56(29)40(68)27(54-34(23)62)16-21-7-9-22(58)10-8-21/h7-10,23-30,58H,1-6,11-20,43H2,(H2,44,59)(H2,45,60)(H2,46,61)(H,50,63)(H,51,66)(H,52,67)(H,53,64)(H,54,62)(H,55,65)(H4,47,48,49)/t23-,24-,25-,26-,27-,28-,29-,30-/m0/s1. The fourth-order valence-corrected chi connectivity index (χ4v) is 10.2. The number of likely N-dealkylation sites (tertiary alicyclic amines) is 1. The van der Waals surface area contributed by atoms with E-state index in [1.54, 1.807) is 12.1 Å². The molecule has 0 spiro atoms. The summed E-state index contributed by atoms with van der Waals surface area (Å²) < 4.78 is 0. The predicted molar refractivity (Wildman–Crippen MR) is 258 cm³/mol. The molecule has 1 aromatic carbocycles. The van der Waals surface area contributed by atoms with Crippen molar-refractivity contribution in [1.82, 2.24) is 41.7 Å². The van der Waals surface area contributed by atoms with Gasteiger partial charge in [-0.3, -0.25) is 57.7 Å². The Balaban J connectivity index is 1.67. The molecule has 0 saturated carbocycles. The van der Waals surface area contributed by atoms with Gasteiger partial charge in [-0.05, 0) is 62.6 Å². The summed E-state index contributed by atoms with van der Waals surface area (Å²) in [4.78, 5) is 154. The third kappa shape index (κ3) is 17.8. The summed E-state index contributed by atoms with van der Waals surface area (Å²) in [6.45, 7) is -0.323. The molecule has 4 rings (SSSR count). The van der Waals surface area contributed by atoms with E-state index in [0.29, 0.717) is 18.4 Å². The number of amides is 11. The van der Waals surface area contributed by atoms with E-state index in [0.717, 1.165) is 21.6 Å². The van der Waals surface area contributed by atoms with E-state index in [1.807, 2.05) is 0 Å². The number of aromatic hydroxyl groups is 1. The van der Waals surface area contributed by atoms with E-state index in [9.17, 15) is 57.8 Å². The number of nitrogens with two attached hydrogens (primary N) is 6. The SMILES string of the molecule is NC(=O)CC[C@@H]1NC(=O)[C@@H]2CCCN2C(=O)[C@H](Cc2ccc(O)cc2)NC(=O)[C@@H](N)CSSC[C@@H](C(=O)N2CCC[C@H]2C(=O)N[C@@H](CCCN=C(N)N)C(=O)NCC(N)=O)NC(=O)[C@H](CC(N)=O)NC1=O. The lowest BCUT2D eigenvalue weighted by Crippen LogP contribution is -2.61. The van der Waals surface area contributed by atoms with Crippen LogP contribution in [0.15, 0.2) is 29.3 Å². The number of fused-ring (bicyclic) bond motifs is 1. The minimum atomic E-state index is -1.76. The van der Waals surface area contributed by atoms with Gasteiger partial charge in [0, 0.05) is 44.0 Å². The Morgan fingerprint density at radius 2 is 1.42 bits per heavy atom. The number of carbonyl (C=O) groups excluding carboxylic acids is 11. The highest BCUT2D eigenvalue weighted by molar-refractivity contribution is 8.76. The Hall–Kier alpha value is -6.88. The maximum atomic E-state index is 14.5. The zero-order chi connectivity index (χ0) is 52.4. The maximum Gasteiger partial charge on any atom is 0.246 e. The molecule has 8 atom stereocenters. The van der Waals surface area contributed by atoms with E-state index in [2.05, 4.69) is 36.9 Å². The number of hydrogen-bond acceptors (Lipinski definition) is 16. The van der Waals surface area contributed by atoms with E-state index in [4.69, 9.17) is 34.4 Å². The van der Waals surface area contributed by atoms with Gasteiger partial charge in [0.25, 0.3) is 0 Å². The molecule has 29 heteroatoms. The molecule has 0 aliphatic carbocycles. The van der Waals surface area contributed by atoms with Gasteiger partial charge in [0.15, 0.2) is 5.96 Å². The lowest BCUT2D eigenvalue weighted by atomic mass is 10.0. The van der Waals surface area contributed by atoms with E-state index < -0.39 is 133 Å². The highest BCUT2D eigenvalue weighted by Gasteiger charge is 2.42. The number of hydrogen-bond donors (Lipinski definition) is 13. The number of benzene rings is 1. The highest BCUT2D eigenvalue weighted by atomic mass is 33.1. The van der Waals surface area contributed by atoms with Crippen molar-refractivity contribution in [3.63, 3.8) is 0 Å². The summed E-state index contributed by atoms with van der Waals surface area (Å²) >= 11 is 0. The molecule has 0 unspecified atom stereocenters. The number of aliphatic imine (C=N–C) groups is 1. The summed E-state index contributed by atoms with van der Waals surface area (Å²) in [7, 11) is 2.03. The third-order valence-electron chi connectivity index (χ3n) is 11.6. The normalized spacial score (nSPS) is 24.2. The zero-order valence-electron chi connectivity index (χ0n) is 38.8.